The Bertz CT molecular complexity index is 558. The van der Waals surface area contributed by atoms with Crippen LogP contribution < -0.4 is 10.2 Å². The number of nitrogens with zero attached hydrogens (tertiary/aromatic N) is 2. The fourth-order valence-corrected chi connectivity index (χ4v) is 3.47. The molecule has 2 atom stereocenters. The van der Waals surface area contributed by atoms with Crippen LogP contribution in [0.1, 0.15) is 31.4 Å². The molecular formula is C19H29N3O3. The summed E-state index contributed by atoms with van der Waals surface area (Å²) in [4.78, 5) is 16.7. The van der Waals surface area contributed by atoms with E-state index in [0.717, 1.165) is 51.3 Å². The van der Waals surface area contributed by atoms with Crippen LogP contribution in [0.25, 0.3) is 0 Å². The Kier molecular flexibility index (Phi) is 6.15. The second-order valence-electron chi connectivity index (χ2n) is 6.81. The number of ether oxygens (including phenoxy) is 2. The normalized spacial score (nSPS) is 22.6. The van der Waals surface area contributed by atoms with Crippen molar-refractivity contribution in [1.29, 1.82) is 0 Å². The molecule has 25 heavy (non-hydrogen) atoms. The smallest absolute Gasteiger partial charge is 0.317 e. The number of nitrogens with one attached hydrogen (secondary N) is 1. The lowest BCUT2D eigenvalue weighted by molar-refractivity contribution is 0.0431. The van der Waals surface area contributed by atoms with Crippen molar-refractivity contribution >= 4 is 11.7 Å². The van der Waals surface area contributed by atoms with Crippen LogP contribution >= 0.6 is 0 Å². The average molecular weight is 347 g/mol. The molecule has 2 amide bonds. The van der Waals surface area contributed by atoms with Crippen LogP contribution in [0.2, 0.25) is 0 Å². The number of hydrogen-bond acceptors (Lipinski definition) is 4. The van der Waals surface area contributed by atoms with Gasteiger partial charge < -0.3 is 24.6 Å². The van der Waals surface area contributed by atoms with E-state index < -0.39 is 0 Å². The van der Waals surface area contributed by atoms with Gasteiger partial charge in [-0.1, -0.05) is 12.1 Å². The highest BCUT2D eigenvalue weighted by Gasteiger charge is 2.24. The Morgan fingerprint density at radius 1 is 1.24 bits per heavy atom. The van der Waals surface area contributed by atoms with E-state index in [0.29, 0.717) is 6.54 Å². The molecule has 3 rings (SSSR count). The van der Waals surface area contributed by atoms with Crippen LogP contribution in [0.5, 0.6) is 0 Å². The van der Waals surface area contributed by atoms with Crippen molar-refractivity contribution in [2.24, 2.45) is 0 Å². The maximum Gasteiger partial charge on any atom is 0.317 e. The van der Waals surface area contributed by atoms with Crippen molar-refractivity contribution in [3.05, 3.63) is 29.8 Å². The Labute approximate surface area is 150 Å². The van der Waals surface area contributed by atoms with Gasteiger partial charge in [-0.25, -0.2) is 4.79 Å². The van der Waals surface area contributed by atoms with Crippen molar-refractivity contribution in [2.45, 2.75) is 31.9 Å². The second-order valence-corrected chi connectivity index (χ2v) is 6.81. The van der Waals surface area contributed by atoms with Crippen molar-refractivity contribution in [3.63, 3.8) is 0 Å². The molecule has 0 aliphatic carbocycles. The van der Waals surface area contributed by atoms with Crippen LogP contribution in [-0.4, -0.2) is 63.5 Å². The minimum atomic E-state index is -0.0193. The van der Waals surface area contributed by atoms with E-state index in [1.807, 2.05) is 11.8 Å². The van der Waals surface area contributed by atoms with Crippen LogP contribution in [0, 0.1) is 0 Å². The molecule has 0 saturated carbocycles. The largest absolute Gasteiger partial charge is 0.380 e. The molecule has 1 N–H and O–H groups in total. The highest BCUT2D eigenvalue weighted by molar-refractivity contribution is 5.75. The van der Waals surface area contributed by atoms with Gasteiger partial charge >= 0.3 is 6.03 Å². The molecule has 0 aromatic heterocycles. The summed E-state index contributed by atoms with van der Waals surface area (Å²) in [5, 5.41) is 3.11. The third kappa shape index (κ3) is 4.64. The summed E-state index contributed by atoms with van der Waals surface area (Å²) in [7, 11) is 1.71. The fraction of sp³-hybridized carbons (Fsp3) is 0.632. The van der Waals surface area contributed by atoms with Crippen LogP contribution in [-0.2, 0) is 9.47 Å². The topological polar surface area (TPSA) is 54.0 Å². The average Bonchev–Trinajstić information content (AvgIpc) is 2.68. The van der Waals surface area contributed by atoms with E-state index in [9.17, 15) is 4.79 Å². The molecule has 6 heteroatoms. The van der Waals surface area contributed by atoms with E-state index in [1.54, 1.807) is 7.11 Å². The van der Waals surface area contributed by atoms with Gasteiger partial charge in [-0.15, -0.1) is 0 Å². The van der Waals surface area contributed by atoms with Gasteiger partial charge in [0.15, 0.2) is 0 Å². The minimum Gasteiger partial charge on any atom is -0.380 e. The Morgan fingerprint density at radius 2 is 1.96 bits per heavy atom. The molecule has 2 fully saturated rings. The summed E-state index contributed by atoms with van der Waals surface area (Å²) in [6.45, 7) is 6.93. The van der Waals surface area contributed by atoms with Crippen molar-refractivity contribution < 1.29 is 14.3 Å². The highest BCUT2D eigenvalue weighted by atomic mass is 16.5. The van der Waals surface area contributed by atoms with Crippen molar-refractivity contribution in [1.82, 2.24) is 10.2 Å². The predicted molar refractivity (Wildman–Crippen MR) is 98.0 cm³/mol. The molecule has 2 aliphatic rings. The monoisotopic (exact) mass is 347 g/mol. The van der Waals surface area contributed by atoms with E-state index in [1.165, 1.54) is 5.69 Å². The van der Waals surface area contributed by atoms with Gasteiger partial charge in [0.1, 0.15) is 0 Å². The van der Waals surface area contributed by atoms with Crippen LogP contribution in [0.3, 0.4) is 0 Å². The maximum absolute atomic E-state index is 12.5. The number of benzene rings is 1. The van der Waals surface area contributed by atoms with Gasteiger partial charge in [-0.05, 0) is 37.5 Å². The predicted octanol–water partition coefficient (Wildman–Crippen LogP) is 2.40. The molecule has 138 valence electrons. The number of carbonyl (C=O) groups excluding carboxylic acids is 1. The van der Waals surface area contributed by atoms with Gasteiger partial charge in [0.25, 0.3) is 0 Å². The zero-order chi connectivity index (χ0) is 17.6. The summed E-state index contributed by atoms with van der Waals surface area (Å²) < 4.78 is 10.8. The van der Waals surface area contributed by atoms with E-state index in [-0.39, 0.29) is 18.2 Å². The number of likely N-dealkylation sites (tertiary alicyclic amines) is 1. The second kappa shape index (κ2) is 8.54. The van der Waals surface area contributed by atoms with Gasteiger partial charge in [-0.3, -0.25) is 0 Å². The van der Waals surface area contributed by atoms with E-state index >= 15 is 0 Å². The van der Waals surface area contributed by atoms with E-state index in [4.69, 9.17) is 9.47 Å². The molecular weight excluding hydrogens is 318 g/mol. The number of rotatable bonds is 4. The number of carbonyl (C=O) groups is 1. The molecule has 0 spiro atoms. The lowest BCUT2D eigenvalue weighted by atomic mass is 10.1. The Balaban J connectivity index is 1.55. The molecule has 0 unspecified atom stereocenters. The summed E-state index contributed by atoms with van der Waals surface area (Å²) in [6.07, 6.45) is 2.18. The fourth-order valence-electron chi connectivity index (χ4n) is 3.47. The molecule has 6 nitrogen and oxygen atoms in total. The molecule has 0 radical (unpaired) electrons. The van der Waals surface area contributed by atoms with Crippen molar-refractivity contribution in [3.8, 4) is 0 Å². The molecule has 1 aromatic carbocycles. The first-order valence-corrected chi connectivity index (χ1v) is 9.18. The molecule has 2 saturated heterocycles. The number of morpholine rings is 1. The van der Waals surface area contributed by atoms with E-state index in [2.05, 4.69) is 34.5 Å². The summed E-state index contributed by atoms with van der Waals surface area (Å²) in [6, 6.07) is 8.44. The zero-order valence-corrected chi connectivity index (χ0v) is 15.2. The molecule has 0 bridgehead atoms. The number of hydrogen-bond donors (Lipinski definition) is 1. The third-order valence-electron chi connectivity index (χ3n) is 5.11. The first kappa shape index (κ1) is 18.0. The SMILES string of the molecule is CO[C@H]1CCCN(C(=O)N[C@H](C)c2ccc(N3CCOCC3)cc2)C1. The standard InChI is InChI=1S/C19H29N3O3/c1-15(20-19(23)22-9-3-4-18(14-22)24-2)16-5-7-17(8-6-16)21-10-12-25-13-11-21/h5-8,15,18H,3-4,9-14H2,1-2H3,(H,20,23)/t15-,18+/m1/s1. The number of piperidine rings is 1. The first-order chi connectivity index (χ1) is 12.2. The number of urea groups is 1. The lowest BCUT2D eigenvalue weighted by Gasteiger charge is -2.33. The van der Waals surface area contributed by atoms with Gasteiger partial charge in [0.05, 0.1) is 25.4 Å². The van der Waals surface area contributed by atoms with Crippen LogP contribution in [0.4, 0.5) is 10.5 Å². The van der Waals surface area contributed by atoms with Crippen LogP contribution in [0.15, 0.2) is 24.3 Å². The van der Waals surface area contributed by atoms with Gasteiger partial charge in [-0.2, -0.15) is 0 Å². The quantitative estimate of drug-likeness (QED) is 0.909. The highest BCUT2D eigenvalue weighted by Crippen LogP contribution is 2.21. The Hall–Kier alpha value is -1.79. The summed E-state index contributed by atoms with van der Waals surface area (Å²) >= 11 is 0. The maximum atomic E-state index is 12.5. The number of amides is 2. The molecule has 1 aromatic rings. The lowest BCUT2D eigenvalue weighted by Crippen LogP contribution is -2.48. The number of methoxy groups -OCH3 is 1. The number of anilines is 1. The molecule has 2 heterocycles. The Morgan fingerprint density at radius 3 is 2.64 bits per heavy atom. The first-order valence-electron chi connectivity index (χ1n) is 9.18. The summed E-state index contributed by atoms with van der Waals surface area (Å²) in [5.41, 5.74) is 2.33. The van der Waals surface area contributed by atoms with Gasteiger partial charge in [0.2, 0.25) is 0 Å². The summed E-state index contributed by atoms with van der Waals surface area (Å²) in [5.74, 6) is 0. The zero-order valence-electron chi connectivity index (χ0n) is 15.2. The van der Waals surface area contributed by atoms with Crippen molar-refractivity contribution in [2.75, 3.05) is 51.4 Å². The third-order valence-corrected chi connectivity index (χ3v) is 5.11. The molecule has 2 aliphatic heterocycles. The minimum absolute atomic E-state index is 0.00786. The van der Waals surface area contributed by atoms with Gasteiger partial charge in [0, 0.05) is 39.0 Å².